The van der Waals surface area contributed by atoms with Crippen LogP contribution in [0, 0.1) is 11.3 Å². The lowest BCUT2D eigenvalue weighted by molar-refractivity contribution is -0.137. The highest BCUT2D eigenvalue weighted by atomic mass is 32.2. The number of ether oxygens (including phenoxy) is 1. The van der Waals surface area contributed by atoms with Crippen LogP contribution in [0.5, 0.6) is 0 Å². The lowest BCUT2D eigenvalue weighted by Gasteiger charge is -2.04. The van der Waals surface area contributed by atoms with Crippen molar-refractivity contribution in [2.75, 3.05) is 12.9 Å². The molecule has 0 radical (unpaired) electrons. The summed E-state index contributed by atoms with van der Waals surface area (Å²) >= 11 is 1.29. The van der Waals surface area contributed by atoms with Crippen molar-refractivity contribution in [2.45, 2.75) is 11.4 Å². The van der Waals surface area contributed by atoms with Gasteiger partial charge in [-0.15, -0.1) is 11.8 Å². The molecule has 0 unspecified atom stereocenters. The minimum Gasteiger partial charge on any atom is -0.468 e. The first-order valence-corrected chi connectivity index (χ1v) is 5.62. The fourth-order valence-electron chi connectivity index (χ4n) is 1.11. The monoisotopic (exact) mass is 236 g/mol. The second-order valence-electron chi connectivity index (χ2n) is 3.01. The van der Waals surface area contributed by atoms with E-state index in [0.29, 0.717) is 12.1 Å². The molecule has 0 amide bonds. The quantitative estimate of drug-likeness (QED) is 0.629. The summed E-state index contributed by atoms with van der Waals surface area (Å²) in [6, 6.07) is 7.47. The largest absolute Gasteiger partial charge is 0.468 e. The van der Waals surface area contributed by atoms with Crippen LogP contribution < -0.4 is 5.73 Å². The molecule has 2 N–H and O–H groups in total. The number of benzene rings is 1. The van der Waals surface area contributed by atoms with Crippen molar-refractivity contribution < 1.29 is 9.53 Å². The summed E-state index contributed by atoms with van der Waals surface area (Å²) in [5, 5.41) is 8.94. The summed E-state index contributed by atoms with van der Waals surface area (Å²) < 4.78 is 4.53. The van der Waals surface area contributed by atoms with E-state index in [2.05, 4.69) is 10.8 Å². The molecule has 0 aliphatic heterocycles. The Morgan fingerprint density at radius 1 is 1.62 bits per heavy atom. The number of hydrogen-bond acceptors (Lipinski definition) is 5. The van der Waals surface area contributed by atoms with Crippen LogP contribution in [0.25, 0.3) is 0 Å². The van der Waals surface area contributed by atoms with E-state index in [4.69, 9.17) is 11.0 Å². The van der Waals surface area contributed by atoms with Gasteiger partial charge in [-0.3, -0.25) is 4.79 Å². The Hall–Kier alpha value is -1.51. The Morgan fingerprint density at radius 2 is 2.38 bits per heavy atom. The van der Waals surface area contributed by atoms with E-state index in [9.17, 15) is 4.79 Å². The van der Waals surface area contributed by atoms with Crippen LogP contribution in [0.4, 0.5) is 0 Å². The van der Waals surface area contributed by atoms with E-state index in [1.807, 2.05) is 6.07 Å². The van der Waals surface area contributed by atoms with Gasteiger partial charge in [0.2, 0.25) is 0 Å². The van der Waals surface area contributed by atoms with Gasteiger partial charge in [-0.2, -0.15) is 5.26 Å². The summed E-state index contributed by atoms with van der Waals surface area (Å²) in [7, 11) is 1.34. The van der Waals surface area contributed by atoms with Gasteiger partial charge in [0.25, 0.3) is 0 Å². The molecule has 0 aliphatic carbocycles. The van der Waals surface area contributed by atoms with Crippen molar-refractivity contribution in [1.82, 2.24) is 0 Å². The number of nitriles is 1. The minimum atomic E-state index is -0.309. The van der Waals surface area contributed by atoms with Crippen LogP contribution in [0.1, 0.15) is 11.1 Å². The van der Waals surface area contributed by atoms with Gasteiger partial charge in [-0.25, -0.2) is 0 Å². The van der Waals surface area contributed by atoms with E-state index >= 15 is 0 Å². The van der Waals surface area contributed by atoms with Crippen molar-refractivity contribution in [1.29, 1.82) is 5.26 Å². The minimum absolute atomic E-state index is 0.202. The third kappa shape index (κ3) is 3.26. The van der Waals surface area contributed by atoms with Gasteiger partial charge in [-0.1, -0.05) is 6.07 Å². The van der Waals surface area contributed by atoms with E-state index in [-0.39, 0.29) is 11.7 Å². The van der Waals surface area contributed by atoms with Crippen LogP contribution in [0.15, 0.2) is 23.1 Å². The molecule has 0 aromatic heterocycles. The molecule has 4 nitrogen and oxygen atoms in total. The van der Waals surface area contributed by atoms with Crippen molar-refractivity contribution in [3.8, 4) is 6.07 Å². The summed E-state index contributed by atoms with van der Waals surface area (Å²) in [6.45, 7) is 0.399. The highest BCUT2D eigenvalue weighted by Gasteiger charge is 2.07. The molecular weight excluding hydrogens is 224 g/mol. The maximum Gasteiger partial charge on any atom is 0.315 e. The summed E-state index contributed by atoms with van der Waals surface area (Å²) in [5.74, 6) is -0.107. The first kappa shape index (κ1) is 12.6. The van der Waals surface area contributed by atoms with Gasteiger partial charge in [0.15, 0.2) is 0 Å². The second kappa shape index (κ2) is 6.16. The molecule has 0 saturated carbocycles. The first-order valence-electron chi connectivity index (χ1n) is 4.64. The molecule has 5 heteroatoms. The number of esters is 1. The molecule has 84 valence electrons. The number of carbonyl (C=O) groups excluding carboxylic acids is 1. The highest BCUT2D eigenvalue weighted by Crippen LogP contribution is 2.23. The van der Waals surface area contributed by atoms with Gasteiger partial charge in [0.05, 0.1) is 18.4 Å². The maximum atomic E-state index is 11.0. The van der Waals surface area contributed by atoms with Gasteiger partial charge >= 0.3 is 5.97 Å². The average molecular weight is 236 g/mol. The zero-order chi connectivity index (χ0) is 12.0. The molecule has 0 bridgehead atoms. The maximum absolute atomic E-state index is 11.0. The lowest BCUT2D eigenvalue weighted by Crippen LogP contribution is -2.03. The van der Waals surface area contributed by atoms with E-state index in [0.717, 1.165) is 10.5 Å². The van der Waals surface area contributed by atoms with Crippen molar-refractivity contribution in [3.05, 3.63) is 29.3 Å². The zero-order valence-corrected chi connectivity index (χ0v) is 9.71. The number of hydrogen-bond donors (Lipinski definition) is 1. The zero-order valence-electron chi connectivity index (χ0n) is 8.90. The highest BCUT2D eigenvalue weighted by molar-refractivity contribution is 8.00. The summed E-state index contributed by atoms with van der Waals surface area (Å²) in [5.41, 5.74) is 6.92. The third-order valence-electron chi connectivity index (χ3n) is 1.97. The van der Waals surface area contributed by atoms with Crippen LogP contribution >= 0.6 is 11.8 Å². The van der Waals surface area contributed by atoms with E-state index in [1.54, 1.807) is 12.1 Å². The molecule has 0 saturated heterocycles. The average Bonchev–Trinajstić information content (AvgIpc) is 2.35. The number of carbonyl (C=O) groups is 1. The van der Waals surface area contributed by atoms with Crippen LogP contribution in [-0.2, 0) is 16.1 Å². The molecule has 0 spiro atoms. The number of nitrogens with zero attached hydrogens (tertiary/aromatic N) is 1. The number of rotatable bonds is 4. The molecule has 0 fully saturated rings. The standard InChI is InChI=1S/C11H12N2O2S/c1-15-11(14)7-16-10-3-2-8(5-12)4-9(10)6-13/h2-4H,5,7,12H2,1H3. The van der Waals surface area contributed by atoms with Gasteiger partial charge in [0, 0.05) is 11.4 Å². The fraction of sp³-hybridized carbons (Fsp3) is 0.273. The van der Waals surface area contributed by atoms with Crippen LogP contribution in [0.2, 0.25) is 0 Å². The SMILES string of the molecule is COC(=O)CSc1ccc(CN)cc1C#N. The van der Waals surface area contributed by atoms with E-state index in [1.165, 1.54) is 18.9 Å². The Bertz CT molecular complexity index is 426. The van der Waals surface area contributed by atoms with Gasteiger partial charge < -0.3 is 10.5 Å². The van der Waals surface area contributed by atoms with E-state index < -0.39 is 0 Å². The Balaban J connectivity index is 2.80. The van der Waals surface area contributed by atoms with Gasteiger partial charge in [0.1, 0.15) is 6.07 Å². The molecule has 1 aromatic carbocycles. The summed E-state index contributed by atoms with van der Waals surface area (Å²) in [6.07, 6.45) is 0. The molecule has 1 rings (SSSR count). The fourth-order valence-corrected chi connectivity index (χ4v) is 1.93. The third-order valence-corrected chi connectivity index (χ3v) is 3.02. The smallest absolute Gasteiger partial charge is 0.315 e. The van der Waals surface area contributed by atoms with Crippen molar-refractivity contribution >= 4 is 17.7 Å². The Morgan fingerprint density at radius 3 is 2.94 bits per heavy atom. The molecule has 0 atom stereocenters. The Kier molecular flexibility index (Phi) is 4.83. The second-order valence-corrected chi connectivity index (χ2v) is 4.03. The van der Waals surface area contributed by atoms with Crippen molar-refractivity contribution in [3.63, 3.8) is 0 Å². The molecule has 0 heterocycles. The number of methoxy groups -OCH3 is 1. The molecule has 1 aromatic rings. The normalized spacial score (nSPS) is 9.56. The summed E-state index contributed by atoms with van der Waals surface area (Å²) in [4.78, 5) is 11.7. The topological polar surface area (TPSA) is 76.1 Å². The molecule has 0 aliphatic rings. The first-order chi connectivity index (χ1) is 7.71. The number of thioether (sulfide) groups is 1. The Labute approximate surface area is 98.4 Å². The van der Waals surface area contributed by atoms with Gasteiger partial charge in [-0.05, 0) is 17.7 Å². The predicted molar refractivity (Wildman–Crippen MR) is 61.8 cm³/mol. The van der Waals surface area contributed by atoms with Crippen molar-refractivity contribution in [2.24, 2.45) is 5.73 Å². The van der Waals surface area contributed by atoms with Crippen LogP contribution in [-0.4, -0.2) is 18.8 Å². The lowest BCUT2D eigenvalue weighted by atomic mass is 10.1. The predicted octanol–water partition coefficient (Wildman–Crippen LogP) is 1.28. The number of nitrogens with two attached hydrogens (primary N) is 1. The van der Waals surface area contributed by atoms with Crippen LogP contribution in [0.3, 0.4) is 0 Å². The molecule has 16 heavy (non-hydrogen) atoms. The molecular formula is C11H12N2O2S.